The molecule has 5 heteroatoms. The van der Waals surface area contributed by atoms with Gasteiger partial charge in [0, 0.05) is 12.0 Å². The number of aliphatic hydroxyl groups is 1. The summed E-state index contributed by atoms with van der Waals surface area (Å²) in [4.78, 5) is 19.4. The van der Waals surface area contributed by atoms with Crippen LogP contribution in [0.3, 0.4) is 0 Å². The number of aliphatic hydroxyl groups excluding tert-OH is 1. The van der Waals surface area contributed by atoms with E-state index in [0.717, 1.165) is 16.8 Å². The van der Waals surface area contributed by atoms with E-state index >= 15 is 0 Å². The predicted molar refractivity (Wildman–Crippen MR) is 102 cm³/mol. The zero-order chi connectivity index (χ0) is 18.7. The minimum Gasteiger partial charge on any atom is -0.399 e. The highest BCUT2D eigenvalue weighted by atomic mass is 16.6. The zero-order valence-corrected chi connectivity index (χ0v) is 15.4. The first-order chi connectivity index (χ1) is 12.5. The molecule has 1 atom stereocenters. The smallest absolute Gasteiger partial charge is 0.254 e. The van der Waals surface area contributed by atoms with Gasteiger partial charge in [-0.1, -0.05) is 35.5 Å². The van der Waals surface area contributed by atoms with Crippen molar-refractivity contribution in [3.8, 4) is 11.1 Å². The molecule has 1 fully saturated rings. The number of likely N-dealkylation sites (tertiary alicyclic amines) is 1. The van der Waals surface area contributed by atoms with Gasteiger partial charge in [-0.05, 0) is 48.2 Å². The van der Waals surface area contributed by atoms with E-state index in [0.29, 0.717) is 18.5 Å². The Labute approximate surface area is 153 Å². The van der Waals surface area contributed by atoms with Crippen LogP contribution in [0.5, 0.6) is 0 Å². The highest BCUT2D eigenvalue weighted by molar-refractivity contribution is 6.01. The molecule has 1 saturated heterocycles. The monoisotopic (exact) mass is 352 g/mol. The normalized spacial score (nSPS) is 18.4. The summed E-state index contributed by atoms with van der Waals surface area (Å²) < 4.78 is 0. The number of carbonyl (C=O) groups is 1. The Morgan fingerprint density at radius 1 is 1.19 bits per heavy atom. The number of amides is 1. The molecule has 3 rings (SSSR count). The molecule has 1 unspecified atom stereocenters. The van der Waals surface area contributed by atoms with Crippen LogP contribution < -0.4 is 0 Å². The maximum atomic E-state index is 13.0. The third-order valence-electron chi connectivity index (χ3n) is 4.87. The minimum atomic E-state index is -0.257. The van der Waals surface area contributed by atoms with Crippen LogP contribution >= 0.6 is 0 Å². The van der Waals surface area contributed by atoms with Gasteiger partial charge in [-0.2, -0.15) is 0 Å². The summed E-state index contributed by atoms with van der Waals surface area (Å²) in [5.74, 6) is -0.0928. The Morgan fingerprint density at radius 3 is 2.58 bits per heavy atom. The number of hydrogen-bond acceptors (Lipinski definition) is 4. The lowest BCUT2D eigenvalue weighted by atomic mass is 9.95. The van der Waals surface area contributed by atoms with E-state index < -0.39 is 0 Å². The fourth-order valence-electron chi connectivity index (χ4n) is 3.51. The molecule has 0 bridgehead atoms. The highest BCUT2D eigenvalue weighted by Crippen LogP contribution is 2.28. The first-order valence-corrected chi connectivity index (χ1v) is 8.72. The second-order valence-electron chi connectivity index (χ2n) is 6.66. The van der Waals surface area contributed by atoms with Gasteiger partial charge < -0.3 is 14.8 Å². The Balaban J connectivity index is 1.88. The van der Waals surface area contributed by atoms with Crippen molar-refractivity contribution < 1.29 is 14.7 Å². The van der Waals surface area contributed by atoms with Gasteiger partial charge in [0.05, 0.1) is 24.9 Å². The van der Waals surface area contributed by atoms with Crippen LogP contribution in [-0.4, -0.2) is 47.9 Å². The molecule has 136 valence electrons. The lowest BCUT2D eigenvalue weighted by Crippen LogP contribution is -2.37. The Morgan fingerprint density at radius 2 is 1.92 bits per heavy atom. The lowest BCUT2D eigenvalue weighted by molar-refractivity contribution is 0.0680. The molecule has 5 nitrogen and oxygen atoms in total. The van der Waals surface area contributed by atoms with E-state index in [1.807, 2.05) is 37.3 Å². The van der Waals surface area contributed by atoms with Crippen molar-refractivity contribution in [2.45, 2.75) is 26.3 Å². The maximum absolute atomic E-state index is 13.0. The van der Waals surface area contributed by atoms with Gasteiger partial charge in [0.15, 0.2) is 0 Å². The molecule has 0 saturated carbocycles. The van der Waals surface area contributed by atoms with Gasteiger partial charge in [-0.15, -0.1) is 0 Å². The van der Waals surface area contributed by atoms with Crippen LogP contribution in [0.1, 0.15) is 27.9 Å². The first kappa shape index (κ1) is 18.1. The van der Waals surface area contributed by atoms with Crippen molar-refractivity contribution in [1.29, 1.82) is 0 Å². The molecule has 0 aliphatic carbocycles. The maximum Gasteiger partial charge on any atom is 0.254 e. The molecule has 0 radical (unpaired) electrons. The third-order valence-corrected chi connectivity index (χ3v) is 4.87. The third kappa shape index (κ3) is 3.48. The van der Waals surface area contributed by atoms with Crippen molar-refractivity contribution in [1.82, 2.24) is 4.90 Å². The topological polar surface area (TPSA) is 62.1 Å². The second kappa shape index (κ2) is 7.70. The molecule has 2 aromatic rings. The van der Waals surface area contributed by atoms with Gasteiger partial charge in [0.2, 0.25) is 0 Å². The number of rotatable bonds is 4. The summed E-state index contributed by atoms with van der Waals surface area (Å²) in [6, 6.07) is 13.7. The molecular formula is C21H24N2O3. The number of carbonyl (C=O) groups excluding carboxylic acids is 1. The largest absolute Gasteiger partial charge is 0.399 e. The molecule has 1 aliphatic rings. The van der Waals surface area contributed by atoms with Crippen molar-refractivity contribution in [3.63, 3.8) is 0 Å². The molecule has 1 amide bonds. The van der Waals surface area contributed by atoms with Crippen LogP contribution in [0.2, 0.25) is 0 Å². The molecule has 1 N–H and O–H groups in total. The van der Waals surface area contributed by atoms with E-state index in [1.165, 1.54) is 18.2 Å². The van der Waals surface area contributed by atoms with E-state index in [4.69, 9.17) is 4.84 Å². The Bertz CT molecular complexity index is 845. The van der Waals surface area contributed by atoms with Crippen LogP contribution in [0.25, 0.3) is 11.1 Å². The molecule has 1 heterocycles. The van der Waals surface area contributed by atoms with Gasteiger partial charge in [0.1, 0.15) is 7.11 Å². The first-order valence-electron chi connectivity index (χ1n) is 8.72. The van der Waals surface area contributed by atoms with Gasteiger partial charge in [-0.25, -0.2) is 0 Å². The molecule has 26 heavy (non-hydrogen) atoms. The summed E-state index contributed by atoms with van der Waals surface area (Å²) in [5.41, 5.74) is 5.95. The summed E-state index contributed by atoms with van der Waals surface area (Å²) in [7, 11) is 1.49. The molecule has 0 aromatic heterocycles. The molecule has 2 aromatic carbocycles. The Hall–Kier alpha value is -2.66. The summed E-state index contributed by atoms with van der Waals surface area (Å²) >= 11 is 0. The fraction of sp³-hybridized carbons (Fsp3) is 0.333. The van der Waals surface area contributed by atoms with Crippen LogP contribution in [0, 0.1) is 13.8 Å². The fourth-order valence-corrected chi connectivity index (χ4v) is 3.51. The number of hydrogen-bond donors (Lipinski definition) is 1. The number of nitrogens with zero attached hydrogens (tertiary/aromatic N) is 2. The van der Waals surface area contributed by atoms with Crippen molar-refractivity contribution in [3.05, 3.63) is 59.2 Å². The standard InChI is InChI=1S/C21H24N2O3/c1-14-6-4-5-7-19(14)20-9-8-16(10-15(20)2)21(25)23-12-17(22-26-3)11-18(23)13-24/h4-10,18,24H,11-13H2,1-3H3. The number of oxime groups is 1. The molecular weight excluding hydrogens is 328 g/mol. The summed E-state index contributed by atoms with van der Waals surface area (Å²) in [5, 5.41) is 13.5. The van der Waals surface area contributed by atoms with Crippen molar-refractivity contribution in [2.24, 2.45) is 5.16 Å². The Kier molecular flexibility index (Phi) is 5.38. The number of aryl methyl sites for hydroxylation is 2. The SMILES string of the molecule is CON=C1CC(CO)N(C(=O)c2ccc(-c3ccccc3C)c(C)c2)C1. The average Bonchev–Trinajstić information content (AvgIpc) is 3.05. The summed E-state index contributed by atoms with van der Waals surface area (Å²) in [6.45, 7) is 4.40. The van der Waals surface area contributed by atoms with Crippen molar-refractivity contribution in [2.75, 3.05) is 20.3 Å². The quantitative estimate of drug-likeness (QED) is 0.860. The molecule has 1 aliphatic heterocycles. The van der Waals surface area contributed by atoms with Crippen molar-refractivity contribution >= 4 is 11.6 Å². The van der Waals surface area contributed by atoms with Gasteiger partial charge in [0.25, 0.3) is 5.91 Å². The predicted octanol–water partition coefficient (Wildman–Crippen LogP) is 3.18. The van der Waals surface area contributed by atoms with E-state index in [1.54, 1.807) is 4.90 Å². The van der Waals surface area contributed by atoms with Crippen LogP contribution in [0.15, 0.2) is 47.6 Å². The van der Waals surface area contributed by atoms with E-state index in [9.17, 15) is 9.90 Å². The van der Waals surface area contributed by atoms with Crippen LogP contribution in [0.4, 0.5) is 0 Å². The molecule has 0 spiro atoms. The van der Waals surface area contributed by atoms with E-state index in [-0.39, 0.29) is 18.6 Å². The average molecular weight is 352 g/mol. The van der Waals surface area contributed by atoms with Crippen LogP contribution in [-0.2, 0) is 4.84 Å². The van der Waals surface area contributed by atoms with Gasteiger partial charge in [-0.3, -0.25) is 4.79 Å². The van der Waals surface area contributed by atoms with Gasteiger partial charge >= 0.3 is 0 Å². The number of benzene rings is 2. The lowest BCUT2D eigenvalue weighted by Gasteiger charge is -2.23. The second-order valence-corrected chi connectivity index (χ2v) is 6.66. The highest BCUT2D eigenvalue weighted by Gasteiger charge is 2.33. The minimum absolute atomic E-state index is 0.0885. The van der Waals surface area contributed by atoms with E-state index in [2.05, 4.69) is 24.2 Å². The summed E-state index contributed by atoms with van der Waals surface area (Å²) in [6.07, 6.45) is 0.538. The zero-order valence-electron chi connectivity index (χ0n) is 15.4.